The highest BCUT2D eigenvalue weighted by atomic mass is 15.3. The van der Waals surface area contributed by atoms with E-state index in [1.807, 2.05) is 0 Å². The minimum absolute atomic E-state index is 0.252. The maximum atomic E-state index is 9.54. The molecule has 154 valence electrons. The van der Waals surface area contributed by atoms with E-state index in [1.165, 1.54) is 32.4 Å². The SMILES string of the molecule is [C-]#[N+]C(C#N)C(=NC1CCN(C(C)C)CC1)N1CCC(N2CCCCC2)CC1. The number of aliphatic imine (C=N–C) groups is 1. The average molecular weight is 385 g/mol. The average Bonchev–Trinajstić information content (AvgIpc) is 2.75. The second kappa shape index (κ2) is 10.2. The molecule has 6 nitrogen and oxygen atoms in total. The van der Waals surface area contributed by atoms with Gasteiger partial charge in [-0.25, -0.2) is 6.57 Å². The standard InChI is InChI=1S/C22H36N6/c1-18(2)26-13-7-19(8-14-26)25-22(21(17-23)24-3)28-15-9-20(10-16-28)27-11-5-4-6-12-27/h18-21H,4-16H2,1-2H3. The molecule has 1 atom stereocenters. The third kappa shape index (κ3) is 5.25. The van der Waals surface area contributed by atoms with Gasteiger partial charge >= 0.3 is 6.04 Å². The third-order valence-electron chi connectivity index (χ3n) is 6.74. The summed E-state index contributed by atoms with van der Waals surface area (Å²) < 4.78 is 0. The summed E-state index contributed by atoms with van der Waals surface area (Å²) >= 11 is 0. The number of nitrogens with zero attached hydrogens (tertiary/aromatic N) is 6. The van der Waals surface area contributed by atoms with Crippen LogP contribution in [-0.4, -0.2) is 84.0 Å². The number of rotatable bonds is 4. The monoisotopic (exact) mass is 384 g/mol. The van der Waals surface area contributed by atoms with Crippen molar-refractivity contribution < 1.29 is 0 Å². The molecule has 0 radical (unpaired) electrons. The van der Waals surface area contributed by atoms with Gasteiger partial charge in [-0.15, -0.1) is 0 Å². The van der Waals surface area contributed by atoms with Crippen molar-refractivity contribution in [2.24, 2.45) is 4.99 Å². The van der Waals surface area contributed by atoms with Crippen LogP contribution >= 0.6 is 0 Å². The lowest BCUT2D eigenvalue weighted by molar-refractivity contribution is 0.114. The van der Waals surface area contributed by atoms with Crippen molar-refractivity contribution in [1.82, 2.24) is 14.7 Å². The van der Waals surface area contributed by atoms with Gasteiger partial charge in [0, 0.05) is 38.3 Å². The molecule has 0 bridgehead atoms. The summed E-state index contributed by atoms with van der Waals surface area (Å²) in [5.74, 6) is 0.748. The number of amidine groups is 1. The Balaban J connectivity index is 1.63. The fraction of sp³-hybridized carbons (Fsp3) is 0.864. The molecule has 3 heterocycles. The number of piperidine rings is 3. The fourth-order valence-electron chi connectivity index (χ4n) is 4.93. The minimum atomic E-state index is -0.755. The van der Waals surface area contributed by atoms with Gasteiger partial charge in [0.05, 0.1) is 6.04 Å². The van der Waals surface area contributed by atoms with E-state index in [2.05, 4.69) is 39.5 Å². The lowest BCUT2D eigenvalue weighted by atomic mass is 9.99. The molecule has 3 rings (SSSR count). The van der Waals surface area contributed by atoms with Crippen molar-refractivity contribution in [2.75, 3.05) is 39.3 Å². The van der Waals surface area contributed by atoms with E-state index in [-0.39, 0.29) is 6.04 Å². The molecule has 0 spiro atoms. The Kier molecular flexibility index (Phi) is 7.71. The van der Waals surface area contributed by atoms with Gasteiger partial charge in [-0.1, -0.05) is 6.42 Å². The van der Waals surface area contributed by atoms with Gasteiger partial charge in [-0.05, 0) is 65.5 Å². The van der Waals surface area contributed by atoms with Gasteiger partial charge in [-0.3, -0.25) is 9.84 Å². The van der Waals surface area contributed by atoms with Crippen molar-refractivity contribution in [2.45, 2.75) is 83.0 Å². The van der Waals surface area contributed by atoms with E-state index in [0.717, 1.165) is 57.7 Å². The Morgan fingerprint density at radius 3 is 2.18 bits per heavy atom. The molecule has 1 unspecified atom stereocenters. The summed E-state index contributed by atoms with van der Waals surface area (Å²) in [7, 11) is 0. The largest absolute Gasteiger partial charge is 0.363 e. The first kappa shape index (κ1) is 21.1. The maximum Gasteiger partial charge on any atom is 0.363 e. The molecule has 0 N–H and O–H groups in total. The Bertz CT molecular complexity index is 579. The molecule has 0 aliphatic carbocycles. The topological polar surface area (TPSA) is 50.2 Å². The lowest BCUT2D eigenvalue weighted by Crippen LogP contribution is -2.50. The summed E-state index contributed by atoms with van der Waals surface area (Å²) in [6, 6.07) is 2.93. The van der Waals surface area contributed by atoms with E-state index < -0.39 is 6.04 Å². The summed E-state index contributed by atoms with van der Waals surface area (Å²) in [6.45, 7) is 18.4. The molecular weight excluding hydrogens is 348 g/mol. The van der Waals surface area contributed by atoms with E-state index >= 15 is 0 Å². The molecule has 3 fully saturated rings. The molecule has 0 aromatic rings. The van der Waals surface area contributed by atoms with Gasteiger partial charge in [0.15, 0.2) is 11.9 Å². The van der Waals surface area contributed by atoms with Gasteiger partial charge in [0.1, 0.15) is 0 Å². The first-order valence-electron chi connectivity index (χ1n) is 11.2. The van der Waals surface area contributed by atoms with Crippen LogP contribution in [0.5, 0.6) is 0 Å². The Morgan fingerprint density at radius 1 is 1.00 bits per heavy atom. The Labute approximate surface area is 171 Å². The molecule has 3 saturated heterocycles. The zero-order chi connectivity index (χ0) is 19.9. The molecular formula is C22H36N6. The predicted octanol–water partition coefficient (Wildman–Crippen LogP) is 3.02. The summed E-state index contributed by atoms with van der Waals surface area (Å²) in [4.78, 5) is 16.0. The summed E-state index contributed by atoms with van der Waals surface area (Å²) in [5, 5.41) is 9.54. The van der Waals surface area contributed by atoms with Crippen LogP contribution in [0.2, 0.25) is 0 Å². The summed E-state index contributed by atoms with van der Waals surface area (Å²) in [6.07, 6.45) is 8.34. The van der Waals surface area contributed by atoms with E-state index in [9.17, 15) is 5.26 Å². The Hall–Kier alpha value is -1.63. The zero-order valence-corrected chi connectivity index (χ0v) is 17.7. The predicted molar refractivity (Wildman–Crippen MR) is 113 cm³/mol. The minimum Gasteiger partial charge on any atom is -0.353 e. The highest BCUT2D eigenvalue weighted by Crippen LogP contribution is 2.23. The molecule has 0 amide bonds. The number of hydrogen-bond donors (Lipinski definition) is 0. The zero-order valence-electron chi connectivity index (χ0n) is 17.7. The van der Waals surface area contributed by atoms with Crippen LogP contribution in [0, 0.1) is 17.9 Å². The molecule has 3 aliphatic rings. The van der Waals surface area contributed by atoms with Crippen LogP contribution in [0.4, 0.5) is 0 Å². The highest BCUT2D eigenvalue weighted by molar-refractivity contribution is 5.91. The molecule has 28 heavy (non-hydrogen) atoms. The van der Waals surface area contributed by atoms with Crippen LogP contribution < -0.4 is 0 Å². The van der Waals surface area contributed by atoms with Crippen LogP contribution in [0.1, 0.15) is 58.8 Å². The second-order valence-electron chi connectivity index (χ2n) is 8.82. The molecule has 0 aromatic heterocycles. The smallest absolute Gasteiger partial charge is 0.353 e. The third-order valence-corrected chi connectivity index (χ3v) is 6.74. The first-order chi connectivity index (χ1) is 13.6. The lowest BCUT2D eigenvalue weighted by Gasteiger charge is -2.41. The normalized spacial score (nSPS) is 25.5. The van der Waals surface area contributed by atoms with Crippen LogP contribution in [0.25, 0.3) is 4.85 Å². The number of nitriles is 1. The molecule has 0 aromatic carbocycles. The first-order valence-corrected chi connectivity index (χ1v) is 11.2. The molecule has 0 saturated carbocycles. The van der Waals surface area contributed by atoms with Crippen molar-refractivity contribution in [3.63, 3.8) is 0 Å². The Morgan fingerprint density at radius 2 is 1.64 bits per heavy atom. The highest BCUT2D eigenvalue weighted by Gasteiger charge is 2.33. The number of hydrogen-bond acceptors (Lipinski definition) is 4. The van der Waals surface area contributed by atoms with E-state index in [1.54, 1.807) is 0 Å². The molecule has 6 heteroatoms. The summed E-state index contributed by atoms with van der Waals surface area (Å²) in [5.41, 5.74) is 0. The van der Waals surface area contributed by atoms with Crippen LogP contribution in [0.15, 0.2) is 4.99 Å². The molecule has 3 aliphatic heterocycles. The van der Waals surface area contributed by atoms with Gasteiger partial charge < -0.3 is 14.7 Å². The maximum absolute atomic E-state index is 9.54. The van der Waals surface area contributed by atoms with Gasteiger partial charge in [0.25, 0.3) is 0 Å². The fourth-order valence-corrected chi connectivity index (χ4v) is 4.93. The quantitative estimate of drug-likeness (QED) is 0.425. The van der Waals surface area contributed by atoms with E-state index in [4.69, 9.17) is 11.6 Å². The van der Waals surface area contributed by atoms with Crippen molar-refractivity contribution >= 4 is 5.84 Å². The van der Waals surface area contributed by atoms with Crippen molar-refractivity contribution in [1.29, 1.82) is 5.26 Å². The van der Waals surface area contributed by atoms with E-state index in [0.29, 0.717) is 12.1 Å². The van der Waals surface area contributed by atoms with Crippen molar-refractivity contribution in [3.8, 4) is 6.07 Å². The van der Waals surface area contributed by atoms with Crippen LogP contribution in [0.3, 0.4) is 0 Å². The second-order valence-corrected chi connectivity index (χ2v) is 8.82. The van der Waals surface area contributed by atoms with Crippen molar-refractivity contribution in [3.05, 3.63) is 11.4 Å². The van der Waals surface area contributed by atoms with Crippen LogP contribution in [-0.2, 0) is 0 Å². The van der Waals surface area contributed by atoms with Gasteiger partial charge in [-0.2, -0.15) is 5.26 Å². The number of likely N-dealkylation sites (tertiary alicyclic amines) is 3. The van der Waals surface area contributed by atoms with Gasteiger partial charge in [0.2, 0.25) is 0 Å².